The quantitative estimate of drug-likeness (QED) is 0.735. The summed E-state index contributed by atoms with van der Waals surface area (Å²) < 4.78 is 7.96. The van der Waals surface area contributed by atoms with Gasteiger partial charge in [0.1, 0.15) is 11.9 Å². The lowest BCUT2D eigenvalue weighted by molar-refractivity contribution is 0.113. The summed E-state index contributed by atoms with van der Waals surface area (Å²) in [6.45, 7) is 1.93. The molecule has 0 amide bonds. The largest absolute Gasteiger partial charge is 0.507 e. The van der Waals surface area contributed by atoms with Crippen molar-refractivity contribution in [3.05, 3.63) is 48.5 Å². The molecule has 144 valence electrons. The van der Waals surface area contributed by atoms with Gasteiger partial charge in [-0.25, -0.2) is 4.98 Å². The topological polar surface area (TPSA) is 73.1 Å². The van der Waals surface area contributed by atoms with Crippen molar-refractivity contribution in [1.82, 2.24) is 19.7 Å². The molecule has 28 heavy (non-hydrogen) atoms. The number of imidazole rings is 1. The van der Waals surface area contributed by atoms with Gasteiger partial charge < -0.3 is 14.4 Å². The predicted octanol–water partition coefficient (Wildman–Crippen LogP) is 4.30. The first-order valence-electron chi connectivity index (χ1n) is 9.99. The van der Waals surface area contributed by atoms with E-state index in [1.807, 2.05) is 42.0 Å². The van der Waals surface area contributed by atoms with Gasteiger partial charge >= 0.3 is 0 Å². The molecule has 1 aromatic carbocycles. The fourth-order valence-corrected chi connectivity index (χ4v) is 4.70. The van der Waals surface area contributed by atoms with E-state index in [4.69, 9.17) is 4.74 Å². The SMILES string of the molecule is Cc1cn(-c2ccc(-c3ccc(O[C@H]4C[C@@H]5CC[C@@H](C5)C4)nn3)c(O)c2)cn1. The highest BCUT2D eigenvalue weighted by Crippen LogP contribution is 2.43. The molecule has 2 fully saturated rings. The molecular formula is C22H24N4O2. The molecule has 6 heteroatoms. The molecule has 2 aliphatic carbocycles. The van der Waals surface area contributed by atoms with Gasteiger partial charge in [-0.1, -0.05) is 12.8 Å². The van der Waals surface area contributed by atoms with Gasteiger partial charge in [0.15, 0.2) is 0 Å². The maximum atomic E-state index is 10.5. The Labute approximate surface area is 164 Å². The summed E-state index contributed by atoms with van der Waals surface area (Å²) >= 11 is 0. The van der Waals surface area contributed by atoms with Crippen molar-refractivity contribution < 1.29 is 9.84 Å². The van der Waals surface area contributed by atoms with Crippen LogP contribution in [0.2, 0.25) is 0 Å². The minimum Gasteiger partial charge on any atom is -0.507 e. The van der Waals surface area contributed by atoms with Crippen LogP contribution < -0.4 is 4.74 Å². The highest BCUT2D eigenvalue weighted by atomic mass is 16.5. The molecule has 0 saturated heterocycles. The molecule has 2 aliphatic rings. The van der Waals surface area contributed by atoms with Gasteiger partial charge in [0.25, 0.3) is 0 Å². The first-order chi connectivity index (χ1) is 13.6. The Bertz CT molecular complexity index is 970. The molecular weight excluding hydrogens is 352 g/mol. The number of benzene rings is 1. The van der Waals surface area contributed by atoms with Gasteiger partial charge in [-0.15, -0.1) is 10.2 Å². The molecule has 2 saturated carbocycles. The molecule has 0 unspecified atom stereocenters. The molecule has 5 rings (SSSR count). The number of aryl methyl sites for hydroxylation is 1. The average Bonchev–Trinajstić information content (AvgIpc) is 3.27. The van der Waals surface area contributed by atoms with E-state index < -0.39 is 0 Å². The van der Waals surface area contributed by atoms with Crippen LogP contribution in [0.5, 0.6) is 11.6 Å². The van der Waals surface area contributed by atoms with Crippen molar-refractivity contribution in [1.29, 1.82) is 0 Å². The molecule has 1 N–H and O–H groups in total. The first kappa shape index (κ1) is 17.2. The van der Waals surface area contributed by atoms with Crippen LogP contribution in [-0.4, -0.2) is 31.0 Å². The van der Waals surface area contributed by atoms with Crippen LogP contribution in [-0.2, 0) is 0 Å². The summed E-state index contributed by atoms with van der Waals surface area (Å²) in [6.07, 6.45) is 10.2. The van der Waals surface area contributed by atoms with E-state index in [9.17, 15) is 5.11 Å². The molecule has 6 nitrogen and oxygen atoms in total. The van der Waals surface area contributed by atoms with Gasteiger partial charge in [-0.2, -0.15) is 0 Å². The molecule has 2 heterocycles. The summed E-state index contributed by atoms with van der Waals surface area (Å²) in [4.78, 5) is 4.22. The van der Waals surface area contributed by atoms with E-state index in [0.717, 1.165) is 36.1 Å². The molecule has 2 aromatic heterocycles. The van der Waals surface area contributed by atoms with E-state index in [0.29, 0.717) is 17.1 Å². The van der Waals surface area contributed by atoms with Crippen LogP contribution >= 0.6 is 0 Å². The Hall–Kier alpha value is -2.89. The number of aromatic hydroxyl groups is 1. The minimum atomic E-state index is 0.163. The zero-order chi connectivity index (χ0) is 19.1. The van der Waals surface area contributed by atoms with Crippen molar-refractivity contribution >= 4 is 0 Å². The molecule has 0 radical (unpaired) electrons. The highest BCUT2D eigenvalue weighted by molar-refractivity contribution is 5.68. The third-order valence-corrected chi connectivity index (χ3v) is 6.04. The Balaban J connectivity index is 1.31. The summed E-state index contributed by atoms with van der Waals surface area (Å²) in [5.41, 5.74) is 3.05. The lowest BCUT2D eigenvalue weighted by Crippen LogP contribution is -2.26. The van der Waals surface area contributed by atoms with Crippen LogP contribution in [0.1, 0.15) is 37.8 Å². The molecule has 0 spiro atoms. The standard InChI is InChI=1S/C22H24N4O2/c1-14-12-26(13-23-14)17-4-5-19(21(27)11-17)20-6-7-22(25-24-20)28-18-9-15-2-3-16(8-15)10-18/h4-7,11-13,15-16,18,27H,2-3,8-10H2,1H3/t15-,16+,18+. The number of rotatable bonds is 4. The molecule has 3 aromatic rings. The normalized spacial score (nSPS) is 23.7. The van der Waals surface area contributed by atoms with Gasteiger partial charge in [0.2, 0.25) is 5.88 Å². The second-order valence-electron chi connectivity index (χ2n) is 8.14. The Morgan fingerprint density at radius 3 is 2.50 bits per heavy atom. The number of fused-ring (bicyclic) bond motifs is 2. The lowest BCUT2D eigenvalue weighted by Gasteiger charge is -2.27. The van der Waals surface area contributed by atoms with Crippen LogP contribution in [0.15, 0.2) is 42.9 Å². The number of ether oxygens (including phenoxy) is 1. The van der Waals surface area contributed by atoms with Gasteiger partial charge in [-0.3, -0.25) is 0 Å². The van der Waals surface area contributed by atoms with E-state index in [1.165, 1.54) is 19.3 Å². The maximum Gasteiger partial charge on any atom is 0.233 e. The number of hydrogen-bond acceptors (Lipinski definition) is 5. The van der Waals surface area contributed by atoms with Crippen molar-refractivity contribution in [3.63, 3.8) is 0 Å². The number of hydrogen-bond donors (Lipinski definition) is 1. The van der Waals surface area contributed by atoms with Gasteiger partial charge in [0.05, 0.1) is 23.4 Å². The summed E-state index contributed by atoms with van der Waals surface area (Å²) in [5.74, 6) is 2.38. The molecule has 3 atom stereocenters. The van der Waals surface area contributed by atoms with Crippen LogP contribution in [0.3, 0.4) is 0 Å². The monoisotopic (exact) mass is 376 g/mol. The Kier molecular flexibility index (Phi) is 4.26. The molecule has 2 bridgehead atoms. The fourth-order valence-electron chi connectivity index (χ4n) is 4.70. The minimum absolute atomic E-state index is 0.163. The third kappa shape index (κ3) is 3.35. The van der Waals surface area contributed by atoms with E-state index in [-0.39, 0.29) is 11.9 Å². The van der Waals surface area contributed by atoms with Crippen molar-refractivity contribution in [2.24, 2.45) is 11.8 Å². The van der Waals surface area contributed by atoms with Crippen molar-refractivity contribution in [2.75, 3.05) is 0 Å². The van der Waals surface area contributed by atoms with Crippen LogP contribution in [0.4, 0.5) is 0 Å². The lowest BCUT2D eigenvalue weighted by atomic mass is 9.87. The van der Waals surface area contributed by atoms with Gasteiger partial charge in [0, 0.05) is 23.9 Å². The number of phenolic OH excluding ortho intramolecular Hbond substituents is 1. The van der Waals surface area contributed by atoms with Crippen LogP contribution in [0, 0.1) is 18.8 Å². The second kappa shape index (κ2) is 6.93. The van der Waals surface area contributed by atoms with Crippen LogP contribution in [0.25, 0.3) is 16.9 Å². The number of phenols is 1. The summed E-state index contributed by atoms with van der Waals surface area (Å²) in [5, 5.41) is 19.0. The average molecular weight is 376 g/mol. The number of nitrogens with zero attached hydrogens (tertiary/aromatic N) is 4. The number of aromatic nitrogens is 4. The second-order valence-corrected chi connectivity index (χ2v) is 8.14. The zero-order valence-corrected chi connectivity index (χ0v) is 16.0. The third-order valence-electron chi connectivity index (χ3n) is 6.04. The zero-order valence-electron chi connectivity index (χ0n) is 16.0. The summed E-state index contributed by atoms with van der Waals surface area (Å²) in [7, 11) is 0. The predicted molar refractivity (Wildman–Crippen MR) is 105 cm³/mol. The Morgan fingerprint density at radius 2 is 1.86 bits per heavy atom. The van der Waals surface area contributed by atoms with Crippen molar-refractivity contribution in [3.8, 4) is 28.6 Å². The smallest absolute Gasteiger partial charge is 0.233 e. The fraction of sp³-hybridized carbons (Fsp3) is 0.409. The highest BCUT2D eigenvalue weighted by Gasteiger charge is 2.35. The first-order valence-corrected chi connectivity index (χ1v) is 9.99. The maximum absolute atomic E-state index is 10.5. The summed E-state index contributed by atoms with van der Waals surface area (Å²) in [6, 6.07) is 9.20. The van der Waals surface area contributed by atoms with E-state index in [1.54, 1.807) is 12.4 Å². The Morgan fingerprint density at radius 1 is 1.04 bits per heavy atom. The van der Waals surface area contributed by atoms with E-state index in [2.05, 4.69) is 15.2 Å². The van der Waals surface area contributed by atoms with E-state index >= 15 is 0 Å². The van der Waals surface area contributed by atoms with Crippen molar-refractivity contribution in [2.45, 2.75) is 45.1 Å². The van der Waals surface area contributed by atoms with Gasteiger partial charge in [-0.05, 0) is 56.2 Å². The molecule has 0 aliphatic heterocycles.